The van der Waals surface area contributed by atoms with Gasteiger partial charge in [0.15, 0.2) is 0 Å². The maximum Gasteiger partial charge on any atom is 0.0627 e. The van der Waals surface area contributed by atoms with Crippen molar-refractivity contribution in [2.45, 2.75) is 32.4 Å². The predicted octanol–water partition coefficient (Wildman–Crippen LogP) is 3.65. The summed E-state index contributed by atoms with van der Waals surface area (Å²) >= 11 is 3.54. The third kappa shape index (κ3) is 1.44. The molecule has 2 heterocycles. The van der Waals surface area contributed by atoms with E-state index in [0.29, 0.717) is 0 Å². The molecule has 2 rings (SSSR count). The van der Waals surface area contributed by atoms with E-state index in [1.165, 1.54) is 10.4 Å². The highest BCUT2D eigenvalue weighted by molar-refractivity contribution is 8.02. The summed E-state index contributed by atoms with van der Waals surface area (Å²) in [6.45, 7) is 8.79. The standard InChI is InChI=1S/C12H16NS2/c1-8-5-10(14-6-8)12(4)11(2,3)9(13)7-15-12/h5-6H,13H2,1-4H3. The molecule has 1 aromatic heterocycles. The molecular weight excluding hydrogens is 222 g/mol. The highest BCUT2D eigenvalue weighted by Crippen LogP contribution is 2.58. The number of aryl methyl sites for hydroxylation is 1. The maximum atomic E-state index is 6.02. The van der Waals surface area contributed by atoms with Crippen LogP contribution in [0.2, 0.25) is 0 Å². The Kier molecular flexibility index (Phi) is 2.43. The first-order valence-corrected chi connectivity index (χ1v) is 6.70. The third-order valence-electron chi connectivity index (χ3n) is 3.43. The van der Waals surface area contributed by atoms with Crippen LogP contribution in [-0.2, 0) is 4.75 Å². The zero-order valence-electron chi connectivity index (χ0n) is 9.55. The van der Waals surface area contributed by atoms with Gasteiger partial charge in [0.25, 0.3) is 0 Å². The van der Waals surface area contributed by atoms with Crippen molar-refractivity contribution in [1.29, 1.82) is 0 Å². The number of allylic oxidation sites excluding steroid dienone is 1. The van der Waals surface area contributed by atoms with Gasteiger partial charge in [0.2, 0.25) is 0 Å². The SMILES string of the molecule is Cc1csc(C2(C)S[C]=C(N)C2(C)C)c1. The van der Waals surface area contributed by atoms with Gasteiger partial charge in [0.1, 0.15) is 0 Å². The number of thioether (sulfide) groups is 1. The number of hydrogen-bond acceptors (Lipinski definition) is 3. The number of rotatable bonds is 1. The maximum absolute atomic E-state index is 6.02. The van der Waals surface area contributed by atoms with Gasteiger partial charge in [0, 0.05) is 21.4 Å². The Hall–Kier alpha value is -0.410. The molecule has 0 spiro atoms. The molecule has 0 saturated heterocycles. The molecule has 1 radical (unpaired) electrons. The van der Waals surface area contributed by atoms with Crippen LogP contribution in [0.5, 0.6) is 0 Å². The van der Waals surface area contributed by atoms with Crippen LogP contribution in [-0.4, -0.2) is 0 Å². The lowest BCUT2D eigenvalue weighted by Gasteiger charge is -2.37. The average Bonchev–Trinajstić information content (AvgIpc) is 2.66. The van der Waals surface area contributed by atoms with Crippen LogP contribution in [0.4, 0.5) is 0 Å². The lowest BCUT2D eigenvalue weighted by Crippen LogP contribution is -2.35. The minimum atomic E-state index is -0.0189. The highest BCUT2D eigenvalue weighted by Gasteiger charge is 2.49. The van der Waals surface area contributed by atoms with E-state index < -0.39 is 0 Å². The molecule has 0 amide bonds. The van der Waals surface area contributed by atoms with Crippen molar-refractivity contribution in [3.8, 4) is 0 Å². The Bertz CT molecular complexity index is 417. The van der Waals surface area contributed by atoms with Gasteiger partial charge >= 0.3 is 0 Å². The smallest absolute Gasteiger partial charge is 0.0627 e. The van der Waals surface area contributed by atoms with Gasteiger partial charge in [-0.15, -0.1) is 23.1 Å². The lowest BCUT2D eigenvalue weighted by molar-refractivity contribution is 0.342. The van der Waals surface area contributed by atoms with E-state index in [4.69, 9.17) is 5.73 Å². The quantitative estimate of drug-likeness (QED) is 0.808. The summed E-state index contributed by atoms with van der Waals surface area (Å²) in [5.74, 6) is 0. The van der Waals surface area contributed by atoms with Gasteiger partial charge in [0.05, 0.1) is 4.75 Å². The van der Waals surface area contributed by atoms with E-state index in [1.54, 1.807) is 11.8 Å². The average molecular weight is 238 g/mol. The molecule has 0 fully saturated rings. The van der Waals surface area contributed by atoms with Gasteiger partial charge in [-0.1, -0.05) is 13.8 Å². The fraction of sp³-hybridized carbons (Fsp3) is 0.500. The summed E-state index contributed by atoms with van der Waals surface area (Å²) < 4.78 is 0.0377. The summed E-state index contributed by atoms with van der Waals surface area (Å²) in [5, 5.41) is 5.43. The van der Waals surface area contributed by atoms with Gasteiger partial charge in [-0.05, 0) is 30.9 Å². The van der Waals surface area contributed by atoms with Crippen LogP contribution in [0.3, 0.4) is 0 Å². The van der Waals surface area contributed by atoms with E-state index in [9.17, 15) is 0 Å². The first-order valence-electron chi connectivity index (χ1n) is 5.00. The van der Waals surface area contributed by atoms with Gasteiger partial charge in [-0.2, -0.15) is 0 Å². The van der Waals surface area contributed by atoms with Crippen LogP contribution >= 0.6 is 23.1 Å². The molecule has 81 valence electrons. The molecule has 15 heavy (non-hydrogen) atoms. The second kappa shape index (κ2) is 3.29. The molecule has 0 aromatic carbocycles. The first-order chi connectivity index (χ1) is 6.88. The van der Waals surface area contributed by atoms with Crippen LogP contribution in [0.25, 0.3) is 0 Å². The molecule has 1 aliphatic heterocycles. The first kappa shape index (κ1) is 11.1. The van der Waals surface area contributed by atoms with Gasteiger partial charge in [-0.25, -0.2) is 0 Å². The molecular formula is C12H16NS2. The van der Waals surface area contributed by atoms with Crippen molar-refractivity contribution in [2.75, 3.05) is 0 Å². The molecule has 2 N–H and O–H groups in total. The van der Waals surface area contributed by atoms with Crippen LogP contribution < -0.4 is 5.73 Å². The molecule has 0 saturated carbocycles. The van der Waals surface area contributed by atoms with E-state index in [2.05, 4.69) is 44.5 Å². The Balaban J connectivity index is 2.46. The van der Waals surface area contributed by atoms with Crippen LogP contribution in [0.15, 0.2) is 17.1 Å². The zero-order valence-corrected chi connectivity index (χ0v) is 11.2. The van der Waals surface area contributed by atoms with Crippen molar-refractivity contribution >= 4 is 23.1 Å². The van der Waals surface area contributed by atoms with E-state index in [1.807, 2.05) is 11.3 Å². The lowest BCUT2D eigenvalue weighted by atomic mass is 9.76. The van der Waals surface area contributed by atoms with Crippen LogP contribution in [0, 0.1) is 17.7 Å². The normalized spacial score (nSPS) is 29.2. The predicted molar refractivity (Wildman–Crippen MR) is 68.7 cm³/mol. The zero-order chi connectivity index (χ0) is 11.3. The topological polar surface area (TPSA) is 26.0 Å². The second-order valence-electron chi connectivity index (χ2n) is 4.76. The van der Waals surface area contributed by atoms with Crippen molar-refractivity contribution < 1.29 is 0 Å². The second-order valence-corrected chi connectivity index (χ2v) is 6.90. The van der Waals surface area contributed by atoms with Crippen molar-refractivity contribution in [3.63, 3.8) is 0 Å². The summed E-state index contributed by atoms with van der Waals surface area (Å²) in [5.41, 5.74) is 8.21. The molecule has 1 aromatic rings. The molecule has 1 aliphatic rings. The highest BCUT2D eigenvalue weighted by atomic mass is 32.2. The van der Waals surface area contributed by atoms with Gasteiger partial charge in [-0.3, -0.25) is 0 Å². The molecule has 1 nitrogen and oxygen atoms in total. The summed E-state index contributed by atoms with van der Waals surface area (Å²) in [7, 11) is 0. The van der Waals surface area contributed by atoms with E-state index in [0.717, 1.165) is 5.70 Å². The molecule has 3 heteroatoms. The van der Waals surface area contributed by atoms with E-state index in [-0.39, 0.29) is 10.2 Å². The fourth-order valence-electron chi connectivity index (χ4n) is 1.71. The summed E-state index contributed by atoms with van der Waals surface area (Å²) in [4.78, 5) is 1.39. The number of nitrogens with two attached hydrogens (primary N) is 1. The Labute approximate surface area is 99.8 Å². The minimum absolute atomic E-state index is 0.0189. The van der Waals surface area contributed by atoms with Crippen molar-refractivity contribution in [1.82, 2.24) is 0 Å². The number of hydrogen-bond donors (Lipinski definition) is 1. The summed E-state index contributed by atoms with van der Waals surface area (Å²) in [6.07, 6.45) is 0. The molecule has 1 atom stereocenters. The fourth-order valence-corrected chi connectivity index (χ4v) is 4.19. The molecule has 0 bridgehead atoms. The van der Waals surface area contributed by atoms with E-state index >= 15 is 0 Å². The molecule has 1 unspecified atom stereocenters. The largest absolute Gasteiger partial charge is 0.401 e. The Morgan fingerprint density at radius 2 is 2.00 bits per heavy atom. The number of thiophene rings is 1. The van der Waals surface area contributed by atoms with Gasteiger partial charge < -0.3 is 5.73 Å². The third-order valence-corrected chi connectivity index (χ3v) is 6.29. The van der Waals surface area contributed by atoms with Crippen LogP contribution in [0.1, 0.15) is 31.2 Å². The molecule has 0 aliphatic carbocycles. The monoisotopic (exact) mass is 238 g/mol. The van der Waals surface area contributed by atoms with Crippen molar-refractivity contribution in [2.24, 2.45) is 11.1 Å². The Morgan fingerprint density at radius 1 is 1.33 bits per heavy atom. The Morgan fingerprint density at radius 3 is 2.40 bits per heavy atom. The summed E-state index contributed by atoms with van der Waals surface area (Å²) in [6, 6.07) is 2.26. The minimum Gasteiger partial charge on any atom is -0.401 e. The van der Waals surface area contributed by atoms with Crippen molar-refractivity contribution in [3.05, 3.63) is 33.0 Å².